The summed E-state index contributed by atoms with van der Waals surface area (Å²) in [5.74, 6) is -0.414. The number of fused-ring (bicyclic) bond motifs is 1. The fraction of sp³-hybridized carbons (Fsp3) is 0.520. The van der Waals surface area contributed by atoms with Crippen molar-refractivity contribution in [2.75, 3.05) is 6.61 Å². The second kappa shape index (κ2) is 10.0. The smallest absolute Gasteiger partial charge is 0.308 e. The Bertz CT molecular complexity index is 1140. The van der Waals surface area contributed by atoms with E-state index in [-0.39, 0.29) is 29.9 Å². The molecule has 3 aromatic heterocycles. The number of thiophene rings is 1. The van der Waals surface area contributed by atoms with E-state index >= 15 is 0 Å². The first kappa shape index (κ1) is 24.9. The monoisotopic (exact) mass is 470 g/mol. The third-order valence-corrected chi connectivity index (χ3v) is 6.70. The van der Waals surface area contributed by atoms with Crippen molar-refractivity contribution < 1.29 is 14.3 Å². The first-order valence-corrected chi connectivity index (χ1v) is 12.2. The van der Waals surface area contributed by atoms with E-state index < -0.39 is 0 Å². The summed E-state index contributed by atoms with van der Waals surface area (Å²) in [4.78, 5) is 30.7. The van der Waals surface area contributed by atoms with Crippen molar-refractivity contribution in [3.8, 4) is 0 Å². The number of aromatic nitrogens is 3. The Morgan fingerprint density at radius 1 is 1.21 bits per heavy atom. The Kier molecular flexibility index (Phi) is 7.57. The molecule has 1 atom stereocenters. The molecule has 0 aromatic carbocycles. The molecule has 0 spiro atoms. The van der Waals surface area contributed by atoms with Crippen LogP contribution < -0.4 is 5.32 Å². The first-order valence-electron chi connectivity index (χ1n) is 11.4. The molecule has 0 fully saturated rings. The van der Waals surface area contributed by atoms with Gasteiger partial charge in [0.15, 0.2) is 5.65 Å². The van der Waals surface area contributed by atoms with E-state index in [1.54, 1.807) is 6.92 Å². The highest BCUT2D eigenvalue weighted by molar-refractivity contribution is 7.10. The number of aryl methyl sites for hydroxylation is 3. The molecule has 33 heavy (non-hydrogen) atoms. The molecule has 178 valence electrons. The summed E-state index contributed by atoms with van der Waals surface area (Å²) >= 11 is 1.52. The van der Waals surface area contributed by atoms with Gasteiger partial charge in [0.25, 0.3) is 0 Å². The van der Waals surface area contributed by atoms with Gasteiger partial charge in [-0.05, 0) is 77.5 Å². The lowest BCUT2D eigenvalue weighted by Crippen LogP contribution is -2.30. The van der Waals surface area contributed by atoms with Crippen LogP contribution in [0.5, 0.6) is 0 Å². The SMILES string of the molecule is CCOC(=O)CC(NC(=O)CCc1c(C)nc2c(c(C)nn2C(C)(C)C)c1C)c1cccs1. The molecule has 1 unspecified atom stereocenters. The molecule has 0 aliphatic heterocycles. The van der Waals surface area contributed by atoms with Gasteiger partial charge in [0.1, 0.15) is 0 Å². The molecule has 1 amide bonds. The number of nitrogens with one attached hydrogen (secondary N) is 1. The van der Waals surface area contributed by atoms with E-state index in [1.165, 1.54) is 11.3 Å². The molecule has 0 aliphatic carbocycles. The van der Waals surface area contributed by atoms with Crippen molar-refractivity contribution in [1.82, 2.24) is 20.1 Å². The molecule has 7 nitrogen and oxygen atoms in total. The maximum absolute atomic E-state index is 12.9. The van der Waals surface area contributed by atoms with Crippen LogP contribution in [0.2, 0.25) is 0 Å². The highest BCUT2D eigenvalue weighted by Gasteiger charge is 2.24. The number of carbonyl (C=O) groups excluding carboxylic acids is 2. The second-order valence-corrected chi connectivity index (χ2v) is 10.3. The molecular weight excluding hydrogens is 436 g/mol. The zero-order chi connectivity index (χ0) is 24.3. The summed E-state index contributed by atoms with van der Waals surface area (Å²) in [6, 6.07) is 3.46. The number of hydrogen-bond donors (Lipinski definition) is 1. The van der Waals surface area contributed by atoms with E-state index in [4.69, 9.17) is 14.8 Å². The van der Waals surface area contributed by atoms with Gasteiger partial charge in [-0.3, -0.25) is 9.59 Å². The lowest BCUT2D eigenvalue weighted by Gasteiger charge is -2.20. The maximum atomic E-state index is 12.9. The minimum Gasteiger partial charge on any atom is -0.466 e. The predicted molar refractivity (Wildman–Crippen MR) is 132 cm³/mol. The minimum atomic E-state index is -0.383. The molecular formula is C25H34N4O3S. The quantitative estimate of drug-likeness (QED) is 0.473. The van der Waals surface area contributed by atoms with E-state index in [9.17, 15) is 9.59 Å². The molecule has 0 bridgehead atoms. The van der Waals surface area contributed by atoms with E-state index in [0.29, 0.717) is 19.4 Å². The van der Waals surface area contributed by atoms with Gasteiger partial charge in [-0.1, -0.05) is 6.07 Å². The Labute approximate surface area is 199 Å². The van der Waals surface area contributed by atoms with Crippen LogP contribution in [0.1, 0.15) is 74.0 Å². The minimum absolute atomic E-state index is 0.0984. The van der Waals surface area contributed by atoms with Gasteiger partial charge in [-0.2, -0.15) is 5.10 Å². The number of carbonyl (C=O) groups is 2. The summed E-state index contributed by atoms with van der Waals surface area (Å²) in [7, 11) is 0. The highest BCUT2D eigenvalue weighted by Crippen LogP contribution is 2.30. The van der Waals surface area contributed by atoms with Crippen LogP contribution in [-0.4, -0.2) is 33.2 Å². The Balaban J connectivity index is 1.78. The molecule has 0 saturated carbocycles. The molecule has 0 radical (unpaired) electrons. The van der Waals surface area contributed by atoms with Crippen LogP contribution in [0.3, 0.4) is 0 Å². The van der Waals surface area contributed by atoms with Gasteiger partial charge in [-0.25, -0.2) is 9.67 Å². The summed E-state index contributed by atoms with van der Waals surface area (Å²) in [6.45, 7) is 14.5. The van der Waals surface area contributed by atoms with Crippen molar-refractivity contribution >= 4 is 34.2 Å². The average molecular weight is 471 g/mol. The number of pyridine rings is 1. The standard InChI is InChI=1S/C25H34N4O3S/c1-8-32-22(31)14-19(20-10-9-13-33-20)27-21(30)12-11-18-15(2)23-17(4)28-29(25(5,6)7)24(23)26-16(18)3/h9-10,13,19H,8,11-12,14H2,1-7H3,(H,27,30). The van der Waals surface area contributed by atoms with Gasteiger partial charge >= 0.3 is 5.97 Å². The molecule has 8 heteroatoms. The predicted octanol–water partition coefficient (Wildman–Crippen LogP) is 4.92. The third kappa shape index (κ3) is 5.61. The fourth-order valence-corrected chi connectivity index (χ4v) is 4.92. The first-order chi connectivity index (χ1) is 15.5. The van der Waals surface area contributed by atoms with Crippen LogP contribution in [0.15, 0.2) is 17.5 Å². The van der Waals surface area contributed by atoms with E-state index in [0.717, 1.165) is 38.4 Å². The number of rotatable bonds is 8. The van der Waals surface area contributed by atoms with E-state index in [1.807, 2.05) is 36.0 Å². The van der Waals surface area contributed by atoms with E-state index in [2.05, 4.69) is 33.0 Å². The average Bonchev–Trinajstić information content (AvgIpc) is 3.35. The van der Waals surface area contributed by atoms with Gasteiger partial charge in [0.05, 0.1) is 30.3 Å². The second-order valence-electron chi connectivity index (χ2n) is 9.31. The summed E-state index contributed by atoms with van der Waals surface area (Å²) in [5, 5.41) is 10.8. The molecule has 0 aliphatic rings. The van der Waals surface area contributed by atoms with Crippen molar-refractivity contribution in [2.24, 2.45) is 0 Å². The summed E-state index contributed by atoms with van der Waals surface area (Å²) in [5.41, 5.74) is 4.78. The highest BCUT2D eigenvalue weighted by atomic mass is 32.1. The van der Waals surface area contributed by atoms with Crippen LogP contribution >= 0.6 is 11.3 Å². The molecule has 3 heterocycles. The lowest BCUT2D eigenvalue weighted by molar-refractivity contribution is -0.143. The normalized spacial score (nSPS) is 12.7. The zero-order valence-corrected chi connectivity index (χ0v) is 21.4. The van der Waals surface area contributed by atoms with Gasteiger partial charge in [0.2, 0.25) is 5.91 Å². The van der Waals surface area contributed by atoms with Crippen molar-refractivity contribution in [1.29, 1.82) is 0 Å². The van der Waals surface area contributed by atoms with Crippen molar-refractivity contribution in [2.45, 2.75) is 79.3 Å². The Morgan fingerprint density at radius 2 is 1.94 bits per heavy atom. The zero-order valence-electron chi connectivity index (χ0n) is 20.6. The number of nitrogens with zero attached hydrogens (tertiary/aromatic N) is 3. The fourth-order valence-electron chi connectivity index (χ4n) is 4.15. The van der Waals surface area contributed by atoms with Crippen molar-refractivity contribution in [3.05, 3.63) is 44.9 Å². The van der Waals surface area contributed by atoms with Crippen LogP contribution in [-0.2, 0) is 26.3 Å². The van der Waals surface area contributed by atoms with Gasteiger partial charge in [0, 0.05) is 22.4 Å². The topological polar surface area (TPSA) is 86.1 Å². The maximum Gasteiger partial charge on any atom is 0.308 e. The number of ether oxygens (including phenoxy) is 1. The molecule has 3 rings (SSSR count). The molecule has 3 aromatic rings. The third-order valence-electron chi connectivity index (χ3n) is 5.71. The van der Waals surface area contributed by atoms with Crippen LogP contribution in [0, 0.1) is 20.8 Å². The number of amides is 1. The van der Waals surface area contributed by atoms with Crippen molar-refractivity contribution in [3.63, 3.8) is 0 Å². The summed E-state index contributed by atoms with van der Waals surface area (Å²) < 4.78 is 7.07. The van der Waals surface area contributed by atoms with Gasteiger partial charge in [-0.15, -0.1) is 11.3 Å². The largest absolute Gasteiger partial charge is 0.466 e. The molecule has 0 saturated heterocycles. The lowest BCUT2D eigenvalue weighted by atomic mass is 9.98. The number of hydrogen-bond acceptors (Lipinski definition) is 6. The summed E-state index contributed by atoms with van der Waals surface area (Å²) in [6.07, 6.45) is 1.01. The van der Waals surface area contributed by atoms with Gasteiger partial charge < -0.3 is 10.1 Å². The number of esters is 1. The molecule has 1 N–H and O–H groups in total. The Morgan fingerprint density at radius 3 is 2.55 bits per heavy atom. The Hall–Kier alpha value is -2.74. The van der Waals surface area contributed by atoms with Crippen LogP contribution in [0.25, 0.3) is 11.0 Å². The van der Waals surface area contributed by atoms with Crippen LogP contribution in [0.4, 0.5) is 0 Å².